The van der Waals surface area contributed by atoms with E-state index in [1.165, 1.54) is 17.1 Å². The summed E-state index contributed by atoms with van der Waals surface area (Å²) in [5.41, 5.74) is 1.20. The van der Waals surface area contributed by atoms with Gasteiger partial charge in [-0.2, -0.15) is 11.8 Å². The average molecular weight is 347 g/mol. The molecule has 23 heavy (non-hydrogen) atoms. The van der Waals surface area contributed by atoms with Crippen molar-refractivity contribution in [3.63, 3.8) is 0 Å². The van der Waals surface area contributed by atoms with Gasteiger partial charge < -0.3 is 14.4 Å². The van der Waals surface area contributed by atoms with Crippen LogP contribution in [0.1, 0.15) is 5.56 Å². The van der Waals surface area contributed by atoms with E-state index in [9.17, 15) is 0 Å². The highest BCUT2D eigenvalue weighted by molar-refractivity contribution is 7.99. The van der Waals surface area contributed by atoms with E-state index >= 15 is 0 Å². The standard InChI is InChI=1S/C16H17N3O2S2/c1-2-13-14(21-11-20-13)7-12(1)9-23-16-8-15(17-10-18-16)19-3-5-22-6-4-19/h1-2,7-8,10H,3-6,9,11H2. The topological polar surface area (TPSA) is 47.5 Å². The van der Waals surface area contributed by atoms with Gasteiger partial charge in [-0.05, 0) is 17.7 Å². The van der Waals surface area contributed by atoms with Crippen molar-refractivity contribution in [1.29, 1.82) is 0 Å². The molecule has 1 saturated heterocycles. The summed E-state index contributed by atoms with van der Waals surface area (Å²) in [4.78, 5) is 11.1. The molecule has 3 heterocycles. The summed E-state index contributed by atoms with van der Waals surface area (Å²) in [5, 5.41) is 1.01. The zero-order valence-corrected chi connectivity index (χ0v) is 14.2. The third-order valence-corrected chi connectivity index (χ3v) is 5.73. The molecule has 0 saturated carbocycles. The molecule has 2 aliphatic heterocycles. The van der Waals surface area contributed by atoms with Crippen LogP contribution in [0.2, 0.25) is 0 Å². The fourth-order valence-corrected chi connectivity index (χ4v) is 4.27. The number of hydrogen-bond acceptors (Lipinski definition) is 7. The third kappa shape index (κ3) is 3.50. The first-order valence-electron chi connectivity index (χ1n) is 7.54. The Morgan fingerprint density at radius 1 is 1.09 bits per heavy atom. The number of ether oxygens (including phenoxy) is 2. The highest BCUT2D eigenvalue weighted by Gasteiger charge is 2.15. The van der Waals surface area contributed by atoms with Crippen LogP contribution in [0, 0.1) is 0 Å². The summed E-state index contributed by atoms with van der Waals surface area (Å²) < 4.78 is 10.8. The van der Waals surface area contributed by atoms with E-state index in [1.54, 1.807) is 18.1 Å². The van der Waals surface area contributed by atoms with Crippen molar-refractivity contribution in [2.24, 2.45) is 0 Å². The van der Waals surface area contributed by atoms with Gasteiger partial charge >= 0.3 is 0 Å². The zero-order chi connectivity index (χ0) is 15.5. The molecule has 7 heteroatoms. The Hall–Kier alpha value is -1.60. The van der Waals surface area contributed by atoms with Crippen LogP contribution in [0.25, 0.3) is 0 Å². The Kier molecular flexibility index (Phi) is 4.48. The van der Waals surface area contributed by atoms with E-state index < -0.39 is 0 Å². The van der Waals surface area contributed by atoms with Crippen LogP contribution in [-0.4, -0.2) is 41.4 Å². The number of thioether (sulfide) groups is 2. The highest BCUT2D eigenvalue weighted by Crippen LogP contribution is 2.34. The molecule has 0 spiro atoms. The molecule has 2 aromatic rings. The SMILES string of the molecule is c1nc(SCc2ccc3c(c2)OCO3)cc(N2CCSCC2)n1. The predicted octanol–water partition coefficient (Wildman–Crippen LogP) is 3.05. The first-order chi connectivity index (χ1) is 11.4. The molecule has 0 N–H and O–H groups in total. The van der Waals surface area contributed by atoms with E-state index in [4.69, 9.17) is 9.47 Å². The number of anilines is 1. The first kappa shape index (κ1) is 15.0. The minimum Gasteiger partial charge on any atom is -0.454 e. The van der Waals surface area contributed by atoms with E-state index in [0.717, 1.165) is 41.2 Å². The molecular formula is C16H17N3O2S2. The van der Waals surface area contributed by atoms with Gasteiger partial charge in [-0.1, -0.05) is 6.07 Å². The molecule has 120 valence electrons. The fourth-order valence-electron chi connectivity index (χ4n) is 2.56. The minimum atomic E-state index is 0.315. The highest BCUT2D eigenvalue weighted by atomic mass is 32.2. The number of nitrogens with zero attached hydrogens (tertiary/aromatic N) is 3. The second-order valence-electron chi connectivity index (χ2n) is 5.29. The molecule has 0 radical (unpaired) electrons. The second-order valence-corrected chi connectivity index (χ2v) is 7.51. The number of aromatic nitrogens is 2. The van der Waals surface area contributed by atoms with Crippen LogP contribution in [0.15, 0.2) is 35.6 Å². The van der Waals surface area contributed by atoms with Crippen LogP contribution in [-0.2, 0) is 5.75 Å². The van der Waals surface area contributed by atoms with Crippen LogP contribution >= 0.6 is 23.5 Å². The van der Waals surface area contributed by atoms with Crippen molar-refractivity contribution in [3.05, 3.63) is 36.2 Å². The molecule has 1 fully saturated rings. The molecule has 2 aliphatic rings. The summed E-state index contributed by atoms with van der Waals surface area (Å²) >= 11 is 3.72. The lowest BCUT2D eigenvalue weighted by Gasteiger charge is -2.27. The van der Waals surface area contributed by atoms with Crippen molar-refractivity contribution in [2.75, 3.05) is 36.3 Å². The molecule has 4 rings (SSSR count). The maximum absolute atomic E-state index is 5.42. The van der Waals surface area contributed by atoms with Crippen molar-refractivity contribution in [2.45, 2.75) is 10.8 Å². The van der Waals surface area contributed by atoms with Gasteiger partial charge in [0.2, 0.25) is 6.79 Å². The molecule has 5 nitrogen and oxygen atoms in total. The largest absolute Gasteiger partial charge is 0.454 e. The maximum atomic E-state index is 5.42. The van der Waals surface area contributed by atoms with E-state index in [-0.39, 0.29) is 0 Å². The van der Waals surface area contributed by atoms with Crippen LogP contribution in [0.3, 0.4) is 0 Å². The lowest BCUT2D eigenvalue weighted by molar-refractivity contribution is 0.174. The second kappa shape index (κ2) is 6.88. The third-order valence-electron chi connectivity index (χ3n) is 3.79. The molecule has 1 aromatic carbocycles. The van der Waals surface area contributed by atoms with E-state index in [2.05, 4.69) is 27.0 Å². The summed E-state index contributed by atoms with van der Waals surface area (Å²) in [7, 11) is 0. The maximum Gasteiger partial charge on any atom is 0.231 e. The van der Waals surface area contributed by atoms with Gasteiger partial charge in [0.25, 0.3) is 0 Å². The van der Waals surface area contributed by atoms with E-state index in [1.807, 2.05) is 23.9 Å². The van der Waals surface area contributed by atoms with Crippen molar-refractivity contribution < 1.29 is 9.47 Å². The zero-order valence-electron chi connectivity index (χ0n) is 12.6. The summed E-state index contributed by atoms with van der Waals surface area (Å²) in [6.07, 6.45) is 1.67. The van der Waals surface area contributed by atoms with Gasteiger partial charge in [-0.15, -0.1) is 11.8 Å². The Labute approximate surface area is 143 Å². The lowest BCUT2D eigenvalue weighted by atomic mass is 10.2. The summed E-state index contributed by atoms with van der Waals surface area (Å²) in [6.45, 7) is 2.44. The Bertz CT molecular complexity index is 693. The summed E-state index contributed by atoms with van der Waals surface area (Å²) in [5.74, 6) is 5.88. The molecule has 0 amide bonds. The first-order valence-corrected chi connectivity index (χ1v) is 9.68. The normalized spacial score (nSPS) is 16.6. The minimum absolute atomic E-state index is 0.315. The monoisotopic (exact) mass is 347 g/mol. The number of benzene rings is 1. The molecular weight excluding hydrogens is 330 g/mol. The quantitative estimate of drug-likeness (QED) is 0.622. The molecule has 0 aliphatic carbocycles. The van der Waals surface area contributed by atoms with Crippen molar-refractivity contribution in [1.82, 2.24) is 9.97 Å². The Balaban J connectivity index is 1.42. The average Bonchev–Trinajstić information content (AvgIpc) is 3.09. The molecule has 0 atom stereocenters. The number of rotatable bonds is 4. The van der Waals surface area contributed by atoms with E-state index in [0.29, 0.717) is 6.79 Å². The number of hydrogen-bond donors (Lipinski definition) is 0. The predicted molar refractivity (Wildman–Crippen MR) is 93.7 cm³/mol. The fraction of sp³-hybridized carbons (Fsp3) is 0.375. The number of fused-ring (bicyclic) bond motifs is 1. The lowest BCUT2D eigenvalue weighted by Crippen LogP contribution is -2.33. The van der Waals surface area contributed by atoms with Crippen LogP contribution in [0.4, 0.5) is 5.82 Å². The Morgan fingerprint density at radius 3 is 2.87 bits per heavy atom. The van der Waals surface area contributed by atoms with Gasteiger partial charge in [0.05, 0.1) is 0 Å². The molecule has 0 unspecified atom stereocenters. The van der Waals surface area contributed by atoms with Crippen molar-refractivity contribution >= 4 is 29.3 Å². The van der Waals surface area contributed by atoms with Gasteiger partial charge in [0.1, 0.15) is 17.2 Å². The van der Waals surface area contributed by atoms with Crippen LogP contribution in [0.5, 0.6) is 11.5 Å². The van der Waals surface area contributed by atoms with Gasteiger partial charge in [0, 0.05) is 36.4 Å². The van der Waals surface area contributed by atoms with Crippen molar-refractivity contribution in [3.8, 4) is 11.5 Å². The smallest absolute Gasteiger partial charge is 0.231 e. The van der Waals surface area contributed by atoms with Gasteiger partial charge in [-0.25, -0.2) is 9.97 Å². The summed E-state index contributed by atoms with van der Waals surface area (Å²) in [6, 6.07) is 8.17. The molecule has 0 bridgehead atoms. The van der Waals surface area contributed by atoms with Gasteiger partial charge in [-0.3, -0.25) is 0 Å². The molecule has 1 aromatic heterocycles. The van der Waals surface area contributed by atoms with Gasteiger partial charge in [0.15, 0.2) is 11.5 Å². The van der Waals surface area contributed by atoms with Crippen LogP contribution < -0.4 is 14.4 Å². The Morgan fingerprint density at radius 2 is 1.96 bits per heavy atom.